The first-order valence-electron chi connectivity index (χ1n) is 9.27. The Morgan fingerprint density at radius 2 is 1.90 bits per heavy atom. The minimum Gasteiger partial charge on any atom is -0.444 e. The zero-order valence-corrected chi connectivity index (χ0v) is 17.4. The molecule has 0 saturated carbocycles. The Kier molecular flexibility index (Phi) is 6.35. The molecule has 3 rings (SSSR count). The van der Waals surface area contributed by atoms with Gasteiger partial charge in [0.1, 0.15) is 17.7 Å². The minimum atomic E-state index is -1.27. The van der Waals surface area contributed by atoms with E-state index < -0.39 is 41.1 Å². The number of carbonyl (C=O) groups is 1. The number of benzene rings is 1. The lowest BCUT2D eigenvalue weighted by atomic mass is 9.85. The van der Waals surface area contributed by atoms with Gasteiger partial charge in [0.25, 0.3) is 0 Å². The molecular formula is C19H21ClF3N5O2. The Bertz CT molecular complexity index is 941. The minimum absolute atomic E-state index is 0.00502. The highest BCUT2D eigenvalue weighted by atomic mass is 35.5. The zero-order chi connectivity index (χ0) is 22.1. The number of ether oxygens (including phenoxy) is 1. The fourth-order valence-corrected chi connectivity index (χ4v) is 3.47. The second-order valence-corrected chi connectivity index (χ2v) is 8.27. The Balaban J connectivity index is 1.89. The number of anilines is 1. The molecule has 0 bridgehead atoms. The highest BCUT2D eigenvalue weighted by molar-refractivity contribution is 6.28. The fraction of sp³-hybridized carbons (Fsp3) is 0.474. The third-order valence-electron chi connectivity index (χ3n) is 4.57. The van der Waals surface area contributed by atoms with Gasteiger partial charge in [-0.25, -0.2) is 27.9 Å². The summed E-state index contributed by atoms with van der Waals surface area (Å²) in [6, 6.07) is 0.644. The van der Waals surface area contributed by atoms with Crippen molar-refractivity contribution in [2.75, 3.05) is 18.0 Å². The van der Waals surface area contributed by atoms with Crippen LogP contribution < -0.4 is 10.2 Å². The number of nitrogens with zero attached hydrogens (tertiary/aromatic N) is 4. The van der Waals surface area contributed by atoms with E-state index in [0.29, 0.717) is 19.0 Å². The monoisotopic (exact) mass is 443 g/mol. The molecule has 1 fully saturated rings. The Morgan fingerprint density at radius 3 is 2.57 bits per heavy atom. The van der Waals surface area contributed by atoms with Gasteiger partial charge in [-0.1, -0.05) is 0 Å². The molecule has 30 heavy (non-hydrogen) atoms. The number of hydrogen-bond acceptors (Lipinski definition) is 6. The van der Waals surface area contributed by atoms with Crippen LogP contribution in [0, 0.1) is 17.5 Å². The van der Waals surface area contributed by atoms with Crippen LogP contribution in [-0.2, 0) is 4.74 Å². The molecule has 1 aromatic carbocycles. The number of piperidine rings is 1. The van der Waals surface area contributed by atoms with Gasteiger partial charge in [-0.05, 0) is 50.4 Å². The number of alkyl carbamates (subject to hydrolysis) is 1. The van der Waals surface area contributed by atoms with E-state index in [2.05, 4.69) is 20.3 Å². The predicted molar refractivity (Wildman–Crippen MR) is 104 cm³/mol. The molecule has 2 aromatic rings. The van der Waals surface area contributed by atoms with Gasteiger partial charge in [0, 0.05) is 25.1 Å². The van der Waals surface area contributed by atoms with Gasteiger partial charge in [0.2, 0.25) is 11.2 Å². The van der Waals surface area contributed by atoms with Crippen LogP contribution >= 0.6 is 11.6 Å². The molecule has 1 N–H and O–H groups in total. The predicted octanol–water partition coefficient (Wildman–Crippen LogP) is 3.83. The van der Waals surface area contributed by atoms with Crippen LogP contribution in [0.5, 0.6) is 0 Å². The molecule has 7 nitrogen and oxygen atoms in total. The Hall–Kier alpha value is -2.62. The maximum Gasteiger partial charge on any atom is 0.407 e. The van der Waals surface area contributed by atoms with Crippen molar-refractivity contribution in [2.45, 2.75) is 44.8 Å². The van der Waals surface area contributed by atoms with Gasteiger partial charge in [-0.15, -0.1) is 0 Å². The molecule has 0 radical (unpaired) electrons. The van der Waals surface area contributed by atoms with E-state index in [-0.39, 0.29) is 23.3 Å². The first-order valence-corrected chi connectivity index (χ1v) is 9.65. The second-order valence-electron chi connectivity index (χ2n) is 7.94. The summed E-state index contributed by atoms with van der Waals surface area (Å²) >= 11 is 5.83. The standard InChI is InChI=1S/C19H21ClF3N5O2/c1-19(2,3)30-18(29)26-15-8-28(17-25-9-24-16(20)27-17)5-4-10(15)11-6-13(22)14(23)7-12(11)21/h6-7,9-10,15H,4-5,8H2,1-3H3,(H,26,29)/t10-,15+/m1/s1. The van der Waals surface area contributed by atoms with E-state index in [1.165, 1.54) is 6.33 Å². The van der Waals surface area contributed by atoms with Crippen molar-refractivity contribution < 1.29 is 22.7 Å². The second kappa shape index (κ2) is 8.63. The number of rotatable bonds is 3. The van der Waals surface area contributed by atoms with Gasteiger partial charge >= 0.3 is 6.09 Å². The lowest BCUT2D eigenvalue weighted by molar-refractivity contribution is 0.0492. The quantitative estimate of drug-likeness (QED) is 0.726. The smallest absolute Gasteiger partial charge is 0.407 e. The van der Waals surface area contributed by atoms with E-state index in [4.69, 9.17) is 16.3 Å². The molecule has 162 valence electrons. The Labute approximate surface area is 176 Å². The summed E-state index contributed by atoms with van der Waals surface area (Å²) in [5.74, 6) is -3.65. The lowest BCUT2D eigenvalue weighted by Crippen LogP contribution is -2.53. The maximum absolute atomic E-state index is 14.5. The summed E-state index contributed by atoms with van der Waals surface area (Å²) in [6.45, 7) is 5.66. The number of amides is 1. The van der Waals surface area contributed by atoms with Crippen molar-refractivity contribution in [3.63, 3.8) is 0 Å². The van der Waals surface area contributed by atoms with Crippen molar-refractivity contribution in [3.05, 3.63) is 46.8 Å². The van der Waals surface area contributed by atoms with Crippen LogP contribution in [-0.4, -0.2) is 45.8 Å². The van der Waals surface area contributed by atoms with Crippen LogP contribution in [0.4, 0.5) is 23.9 Å². The average molecular weight is 444 g/mol. The molecule has 0 aliphatic carbocycles. The van der Waals surface area contributed by atoms with Crippen molar-refractivity contribution in [2.24, 2.45) is 0 Å². The fourth-order valence-electron chi connectivity index (χ4n) is 3.35. The molecule has 1 saturated heterocycles. The van der Waals surface area contributed by atoms with Gasteiger partial charge < -0.3 is 15.0 Å². The highest BCUT2D eigenvalue weighted by Crippen LogP contribution is 2.33. The summed E-state index contributed by atoms with van der Waals surface area (Å²) in [4.78, 5) is 26.0. The highest BCUT2D eigenvalue weighted by Gasteiger charge is 2.35. The van der Waals surface area contributed by atoms with Crippen LogP contribution in [0.1, 0.15) is 38.7 Å². The van der Waals surface area contributed by atoms with E-state index in [1.807, 2.05) is 0 Å². The molecule has 0 unspecified atom stereocenters. The molecule has 2 heterocycles. The van der Waals surface area contributed by atoms with Crippen molar-refractivity contribution >= 4 is 23.6 Å². The van der Waals surface area contributed by atoms with Gasteiger partial charge in [-0.2, -0.15) is 4.98 Å². The van der Waals surface area contributed by atoms with Crippen molar-refractivity contribution in [1.29, 1.82) is 0 Å². The van der Waals surface area contributed by atoms with Crippen molar-refractivity contribution in [3.8, 4) is 0 Å². The SMILES string of the molecule is CC(C)(C)OC(=O)N[C@H]1CN(c2ncnc(Cl)n2)CC[C@@H]1c1cc(F)c(F)cc1F. The maximum atomic E-state index is 14.5. The third kappa shape index (κ3) is 5.29. The van der Waals surface area contributed by atoms with Gasteiger partial charge in [0.15, 0.2) is 11.6 Å². The van der Waals surface area contributed by atoms with Gasteiger partial charge in [0.05, 0.1) is 6.04 Å². The van der Waals surface area contributed by atoms with Crippen molar-refractivity contribution in [1.82, 2.24) is 20.3 Å². The number of aromatic nitrogens is 3. The normalized spacial score (nSPS) is 19.5. The molecule has 1 aromatic heterocycles. The number of hydrogen-bond donors (Lipinski definition) is 1. The number of halogens is 4. The number of nitrogens with one attached hydrogen (secondary N) is 1. The van der Waals surface area contributed by atoms with Crippen LogP contribution in [0.3, 0.4) is 0 Å². The summed E-state index contributed by atoms with van der Waals surface area (Å²) in [7, 11) is 0. The van der Waals surface area contributed by atoms with E-state index in [1.54, 1.807) is 25.7 Å². The molecule has 11 heteroatoms. The van der Waals surface area contributed by atoms with Crippen LogP contribution in [0.2, 0.25) is 5.28 Å². The average Bonchev–Trinajstić information content (AvgIpc) is 2.63. The molecule has 1 aliphatic heterocycles. The lowest BCUT2D eigenvalue weighted by Gasteiger charge is -2.39. The third-order valence-corrected chi connectivity index (χ3v) is 4.75. The Morgan fingerprint density at radius 1 is 1.20 bits per heavy atom. The molecule has 1 aliphatic rings. The van der Waals surface area contributed by atoms with E-state index >= 15 is 0 Å². The van der Waals surface area contributed by atoms with E-state index in [9.17, 15) is 18.0 Å². The van der Waals surface area contributed by atoms with E-state index in [0.717, 1.165) is 6.07 Å². The molecule has 0 spiro atoms. The summed E-state index contributed by atoms with van der Waals surface area (Å²) in [5.41, 5.74) is -0.772. The number of carbonyl (C=O) groups excluding carboxylic acids is 1. The first kappa shape index (κ1) is 22.1. The largest absolute Gasteiger partial charge is 0.444 e. The molecule has 2 atom stereocenters. The molecule has 1 amide bonds. The zero-order valence-electron chi connectivity index (χ0n) is 16.6. The topological polar surface area (TPSA) is 80.2 Å². The van der Waals surface area contributed by atoms with Crippen LogP contribution in [0.15, 0.2) is 18.5 Å². The van der Waals surface area contributed by atoms with Gasteiger partial charge in [-0.3, -0.25) is 0 Å². The summed E-state index contributed by atoms with van der Waals surface area (Å²) < 4.78 is 47.0. The molecular weight excluding hydrogens is 423 g/mol. The van der Waals surface area contributed by atoms with Crippen LogP contribution in [0.25, 0.3) is 0 Å². The first-order chi connectivity index (χ1) is 14.0. The summed E-state index contributed by atoms with van der Waals surface area (Å²) in [6.07, 6.45) is 0.851. The summed E-state index contributed by atoms with van der Waals surface area (Å²) in [5, 5.41) is 2.71.